The molecule has 342 valence electrons. The first-order chi connectivity index (χ1) is 30.1. The maximum atomic E-state index is 15.6. The lowest BCUT2D eigenvalue weighted by Gasteiger charge is -2.64. The number of quaternary nitrogens is 1. The summed E-state index contributed by atoms with van der Waals surface area (Å²) in [5, 5.41) is 28.9. The Labute approximate surface area is 377 Å². The summed E-state index contributed by atoms with van der Waals surface area (Å²) < 4.78 is 36.1. The van der Waals surface area contributed by atoms with E-state index >= 15 is 8.78 Å². The van der Waals surface area contributed by atoms with Crippen molar-refractivity contribution in [3.8, 4) is 6.07 Å². The standard InChI is InChI=1S/C46H56ClF2N9O6/c1-25-34(39(61)54-41-44(3,4)42(45(41,5)6)64-46(7)13-10-28(22-50)30(47)21-46)26(2)52-43(51-25)57-14-11-27(12-15-57)23-55-16-18-56(19-17-55)31-20-29-24-58(63,32-8-9-33(59)53-38(32)60)40(62)35(29)37(49)36(31)48/h10,13,20,27,32,41-42H,8-9,11-12,14-19,21,23-24H2,1-7H3,(H,54,61)(H,53,59,60). The number of anilines is 2. The molecule has 2 aromatic rings. The minimum Gasteiger partial charge on any atom is -0.624 e. The zero-order chi connectivity index (χ0) is 46.3. The number of nitrogens with one attached hydrogen (secondary N) is 2. The number of piperidine rings is 2. The van der Waals surface area contributed by atoms with Crippen LogP contribution in [0.25, 0.3) is 0 Å². The van der Waals surface area contributed by atoms with E-state index in [-0.39, 0.29) is 42.1 Å². The minimum absolute atomic E-state index is 0.0136. The van der Waals surface area contributed by atoms with E-state index in [9.17, 15) is 29.6 Å². The number of nitriles is 1. The molecule has 3 saturated heterocycles. The Morgan fingerprint density at radius 1 is 1.00 bits per heavy atom. The van der Waals surface area contributed by atoms with Gasteiger partial charge in [0.05, 0.1) is 39.9 Å². The number of aryl methyl sites for hydroxylation is 2. The van der Waals surface area contributed by atoms with Crippen molar-refractivity contribution in [2.45, 2.75) is 111 Å². The summed E-state index contributed by atoms with van der Waals surface area (Å²) in [5.74, 6) is -4.45. The monoisotopic (exact) mass is 903 g/mol. The van der Waals surface area contributed by atoms with Crippen LogP contribution in [0.2, 0.25) is 0 Å². The van der Waals surface area contributed by atoms with Crippen LogP contribution in [0.5, 0.6) is 0 Å². The lowest BCUT2D eigenvalue weighted by molar-refractivity contribution is -0.825. The third-order valence-electron chi connectivity index (χ3n) is 14.6. The molecule has 15 nitrogen and oxygen atoms in total. The number of amides is 4. The van der Waals surface area contributed by atoms with Crippen LogP contribution in [0.15, 0.2) is 28.8 Å². The highest BCUT2D eigenvalue weighted by atomic mass is 35.5. The predicted octanol–water partition coefficient (Wildman–Crippen LogP) is 5.47. The maximum Gasteiger partial charge on any atom is 0.350 e. The Morgan fingerprint density at radius 2 is 1.64 bits per heavy atom. The van der Waals surface area contributed by atoms with Crippen molar-refractivity contribution < 1.29 is 37.3 Å². The lowest BCUT2D eigenvalue weighted by Crippen LogP contribution is -2.74. The fourth-order valence-electron chi connectivity index (χ4n) is 11.4. The molecule has 18 heteroatoms. The Hall–Kier alpha value is -4.86. The normalized spacial score (nSPS) is 29.3. The first-order valence-electron chi connectivity index (χ1n) is 22.1. The van der Waals surface area contributed by atoms with E-state index < -0.39 is 68.6 Å². The van der Waals surface area contributed by atoms with Gasteiger partial charge in [-0.2, -0.15) is 5.26 Å². The van der Waals surface area contributed by atoms with E-state index in [2.05, 4.69) is 54.2 Å². The van der Waals surface area contributed by atoms with E-state index in [1.54, 1.807) is 11.0 Å². The number of halogens is 3. The number of carbonyl (C=O) groups is 4. The molecule has 3 atom stereocenters. The summed E-state index contributed by atoms with van der Waals surface area (Å²) in [6.45, 7) is 17.8. The average Bonchev–Trinajstić information content (AvgIpc) is 3.49. The largest absolute Gasteiger partial charge is 0.624 e. The molecule has 1 aromatic carbocycles. The van der Waals surface area contributed by atoms with Crippen LogP contribution in [-0.4, -0.2) is 113 Å². The summed E-state index contributed by atoms with van der Waals surface area (Å²) >= 11 is 6.43. The van der Waals surface area contributed by atoms with Crippen molar-refractivity contribution in [1.82, 2.24) is 25.5 Å². The Morgan fingerprint density at radius 3 is 2.23 bits per heavy atom. The highest BCUT2D eigenvalue weighted by Gasteiger charge is 2.64. The molecule has 4 amide bonds. The van der Waals surface area contributed by atoms with Crippen LogP contribution >= 0.6 is 11.6 Å². The number of ether oxygens (including phenoxy) is 1. The third-order valence-corrected chi connectivity index (χ3v) is 14.9. The number of benzene rings is 1. The molecule has 0 spiro atoms. The zero-order valence-electron chi connectivity index (χ0n) is 37.4. The highest BCUT2D eigenvalue weighted by molar-refractivity contribution is 6.30. The topological polar surface area (TPSA) is 184 Å². The molecular weight excluding hydrogens is 848 g/mol. The number of imide groups is 1. The van der Waals surface area contributed by atoms with Crippen LogP contribution in [0.3, 0.4) is 0 Å². The molecule has 0 radical (unpaired) electrons. The van der Waals surface area contributed by atoms with Gasteiger partial charge in [-0.3, -0.25) is 29.2 Å². The van der Waals surface area contributed by atoms with Gasteiger partial charge in [0, 0.05) is 92.5 Å². The lowest BCUT2D eigenvalue weighted by atomic mass is 9.49. The number of hydroxylamine groups is 3. The second kappa shape index (κ2) is 16.5. The number of hydrogen-bond donors (Lipinski definition) is 2. The summed E-state index contributed by atoms with van der Waals surface area (Å²) in [6.07, 6.45) is 5.33. The first-order valence-corrected chi connectivity index (χ1v) is 22.5. The molecular formula is C46H56ClF2N9O6. The van der Waals surface area contributed by atoms with Crippen LogP contribution in [-0.2, 0) is 20.9 Å². The van der Waals surface area contributed by atoms with Crippen LogP contribution < -0.4 is 20.4 Å². The molecule has 0 bridgehead atoms. The molecule has 8 rings (SSSR count). The zero-order valence-corrected chi connectivity index (χ0v) is 38.2. The highest BCUT2D eigenvalue weighted by Crippen LogP contribution is 2.57. The minimum atomic E-state index is -1.68. The fourth-order valence-corrected chi connectivity index (χ4v) is 11.8. The molecule has 1 aromatic heterocycles. The molecule has 64 heavy (non-hydrogen) atoms. The summed E-state index contributed by atoms with van der Waals surface area (Å²) in [6, 6.07) is 1.86. The van der Waals surface area contributed by atoms with Crippen molar-refractivity contribution in [2.24, 2.45) is 16.7 Å². The van der Waals surface area contributed by atoms with Crippen molar-refractivity contribution in [3.05, 3.63) is 73.7 Å². The van der Waals surface area contributed by atoms with Crippen LogP contribution in [0.1, 0.15) is 104 Å². The molecule has 1 saturated carbocycles. The van der Waals surface area contributed by atoms with Crippen LogP contribution in [0.4, 0.5) is 20.4 Å². The van der Waals surface area contributed by atoms with Gasteiger partial charge in [0.1, 0.15) is 18.2 Å². The van der Waals surface area contributed by atoms with E-state index in [1.165, 1.54) is 6.07 Å². The first kappa shape index (κ1) is 45.7. The van der Waals surface area contributed by atoms with Gasteiger partial charge in [0.15, 0.2) is 17.7 Å². The molecule has 4 fully saturated rings. The number of allylic oxidation sites excluding steroid dienone is 2. The van der Waals surface area contributed by atoms with Crippen LogP contribution in [0, 0.1) is 58.8 Å². The number of nitrogens with zero attached hydrogens (tertiary/aromatic N) is 7. The van der Waals surface area contributed by atoms with E-state index in [0.29, 0.717) is 72.0 Å². The summed E-state index contributed by atoms with van der Waals surface area (Å²) in [4.78, 5) is 67.1. The smallest absolute Gasteiger partial charge is 0.350 e. The van der Waals surface area contributed by atoms with Crippen molar-refractivity contribution in [3.63, 3.8) is 0 Å². The van der Waals surface area contributed by atoms with Gasteiger partial charge in [0.25, 0.3) is 11.8 Å². The quantitative estimate of drug-likeness (QED) is 0.184. The molecule has 2 aliphatic carbocycles. The molecule has 3 unspecified atom stereocenters. The molecule has 5 heterocycles. The van der Waals surface area contributed by atoms with Gasteiger partial charge >= 0.3 is 5.91 Å². The fraction of sp³-hybridized carbons (Fsp3) is 0.587. The number of hydrogen-bond acceptors (Lipinski definition) is 12. The van der Waals surface area contributed by atoms with Crippen molar-refractivity contribution >= 4 is 46.9 Å². The SMILES string of the molecule is Cc1nc(N2CCC(CN3CCN(c4cc5c(c(F)c4F)C(=O)[N+]([O-])(C4CCC(=O)NC4=O)C5)CC3)CC2)nc(C)c1C(=O)NC1C(C)(C)C(OC2(C)C=CC(C#N)=C(Cl)C2)C1(C)C. The van der Waals surface area contributed by atoms with E-state index in [4.69, 9.17) is 26.3 Å². The van der Waals surface area contributed by atoms with Gasteiger partial charge in [0.2, 0.25) is 11.9 Å². The van der Waals surface area contributed by atoms with Gasteiger partial charge in [-0.25, -0.2) is 23.5 Å². The van der Waals surface area contributed by atoms with Crippen molar-refractivity contribution in [2.75, 3.05) is 55.6 Å². The Kier molecular flexibility index (Phi) is 11.8. The van der Waals surface area contributed by atoms with Gasteiger partial charge in [-0.15, -0.1) is 0 Å². The Bertz CT molecular complexity index is 2380. The maximum absolute atomic E-state index is 15.6. The second-order valence-corrected chi connectivity index (χ2v) is 20.3. The number of rotatable bonds is 9. The molecule has 4 aliphatic heterocycles. The third kappa shape index (κ3) is 7.88. The average molecular weight is 904 g/mol. The second-order valence-electron chi connectivity index (χ2n) is 19.9. The number of fused-ring (bicyclic) bond motifs is 1. The summed E-state index contributed by atoms with van der Waals surface area (Å²) in [5.41, 5.74) is 0.00579. The summed E-state index contributed by atoms with van der Waals surface area (Å²) in [7, 11) is 0. The predicted molar refractivity (Wildman–Crippen MR) is 234 cm³/mol. The molecule has 2 N–H and O–H groups in total. The number of carbonyl (C=O) groups excluding carboxylic acids is 4. The molecule has 6 aliphatic rings. The van der Waals surface area contributed by atoms with Crippen molar-refractivity contribution in [1.29, 1.82) is 5.26 Å². The van der Waals surface area contributed by atoms with Gasteiger partial charge in [-0.1, -0.05) is 45.4 Å². The Balaban J connectivity index is 0.834. The van der Waals surface area contributed by atoms with E-state index in [0.717, 1.165) is 32.5 Å². The van der Waals surface area contributed by atoms with E-state index in [1.807, 2.05) is 26.8 Å². The number of aromatic nitrogens is 2. The number of piperazine rings is 1. The van der Waals surface area contributed by atoms with Gasteiger partial charge in [-0.05, 0) is 51.7 Å². The van der Waals surface area contributed by atoms with Gasteiger partial charge < -0.3 is 25.1 Å².